The topological polar surface area (TPSA) is 29.5 Å². The lowest BCUT2D eigenvalue weighted by Crippen LogP contribution is -2.23. The Kier molecular flexibility index (Phi) is 1.46. The monoisotopic (exact) mass is 153 g/mol. The van der Waals surface area contributed by atoms with Crippen molar-refractivity contribution in [2.24, 2.45) is 0 Å². The van der Waals surface area contributed by atoms with Crippen molar-refractivity contribution in [3.8, 4) is 0 Å². The van der Waals surface area contributed by atoms with Gasteiger partial charge in [-0.2, -0.15) is 0 Å². The van der Waals surface area contributed by atoms with Gasteiger partial charge in [0, 0.05) is 12.7 Å². The summed E-state index contributed by atoms with van der Waals surface area (Å²) in [5.41, 5.74) is 2.38. The van der Waals surface area contributed by atoms with E-state index in [4.69, 9.17) is 4.74 Å². The number of nitrogens with zero attached hydrogens (tertiary/aromatic N) is 1. The molecule has 1 amide bonds. The molecule has 0 unspecified atom stereocenters. The zero-order chi connectivity index (χ0) is 7.84. The number of carbonyl (C=O) groups excluding carboxylic acids is 1. The van der Waals surface area contributed by atoms with E-state index in [0.717, 1.165) is 18.7 Å². The average Bonchev–Trinajstić information content (AvgIpc) is 2.30. The molecule has 3 nitrogen and oxygen atoms in total. The van der Waals surface area contributed by atoms with Crippen LogP contribution in [-0.4, -0.2) is 31.1 Å². The minimum atomic E-state index is 0.209. The Morgan fingerprint density at radius 1 is 1.55 bits per heavy atom. The maximum Gasteiger partial charge on any atom is 0.230 e. The van der Waals surface area contributed by atoms with Crippen LogP contribution in [0, 0.1) is 0 Å². The minimum Gasteiger partial charge on any atom is -0.375 e. The van der Waals surface area contributed by atoms with Crippen LogP contribution in [0.2, 0.25) is 0 Å². The fraction of sp³-hybridized carbons (Fsp3) is 0.625. The Labute approximate surface area is 65.6 Å². The minimum absolute atomic E-state index is 0.209. The number of hydrogen-bond acceptors (Lipinski definition) is 2. The highest BCUT2D eigenvalue weighted by molar-refractivity contribution is 5.84. The molecule has 0 saturated carbocycles. The second-order valence-corrected chi connectivity index (χ2v) is 2.98. The van der Waals surface area contributed by atoms with Crippen LogP contribution < -0.4 is 0 Å². The number of likely N-dealkylation sites (N-methyl/N-ethyl adjacent to an activating group) is 1. The molecule has 11 heavy (non-hydrogen) atoms. The molecule has 0 spiro atoms. The summed E-state index contributed by atoms with van der Waals surface area (Å²) in [6, 6.07) is 0. The van der Waals surface area contributed by atoms with E-state index in [0.29, 0.717) is 13.0 Å². The van der Waals surface area contributed by atoms with Gasteiger partial charge in [-0.1, -0.05) is 0 Å². The fourth-order valence-corrected chi connectivity index (χ4v) is 1.59. The van der Waals surface area contributed by atoms with Crippen LogP contribution in [0.3, 0.4) is 0 Å². The van der Waals surface area contributed by atoms with Gasteiger partial charge in [-0.15, -0.1) is 0 Å². The standard InChI is InChI=1S/C8H11NO2/c1-9-7-5-11-3-2-6(7)4-8(9)10/h2-5H2,1H3. The average molecular weight is 153 g/mol. The van der Waals surface area contributed by atoms with Gasteiger partial charge in [0.1, 0.15) is 0 Å². The molecule has 0 fully saturated rings. The van der Waals surface area contributed by atoms with Gasteiger partial charge in [0.15, 0.2) is 0 Å². The summed E-state index contributed by atoms with van der Waals surface area (Å²) >= 11 is 0. The second kappa shape index (κ2) is 2.34. The lowest BCUT2D eigenvalue weighted by Gasteiger charge is -2.18. The summed E-state index contributed by atoms with van der Waals surface area (Å²) in [6.07, 6.45) is 1.56. The third-order valence-electron chi connectivity index (χ3n) is 2.34. The summed E-state index contributed by atoms with van der Waals surface area (Å²) in [7, 11) is 1.82. The number of hydrogen-bond donors (Lipinski definition) is 0. The van der Waals surface area contributed by atoms with E-state index in [1.807, 2.05) is 7.05 Å². The first-order chi connectivity index (χ1) is 5.29. The molecule has 3 heteroatoms. The Hall–Kier alpha value is -0.830. The van der Waals surface area contributed by atoms with Crippen molar-refractivity contribution < 1.29 is 9.53 Å². The van der Waals surface area contributed by atoms with Gasteiger partial charge in [-0.25, -0.2) is 0 Å². The first kappa shape index (κ1) is 6.85. The van der Waals surface area contributed by atoms with Crippen LogP contribution in [0.15, 0.2) is 11.3 Å². The normalized spacial score (nSPS) is 24.5. The van der Waals surface area contributed by atoms with E-state index in [2.05, 4.69) is 0 Å². The molecule has 0 aromatic rings. The number of rotatable bonds is 0. The molecular formula is C8H11NO2. The zero-order valence-corrected chi connectivity index (χ0v) is 6.59. The molecule has 0 aromatic heterocycles. The molecule has 0 saturated heterocycles. The molecule has 2 heterocycles. The van der Waals surface area contributed by atoms with Gasteiger partial charge >= 0.3 is 0 Å². The maximum atomic E-state index is 11.2. The first-order valence-electron chi connectivity index (χ1n) is 3.84. The molecule has 0 atom stereocenters. The van der Waals surface area contributed by atoms with E-state index < -0.39 is 0 Å². The predicted molar refractivity (Wildman–Crippen MR) is 39.8 cm³/mol. The number of amides is 1. The molecule has 2 rings (SSSR count). The van der Waals surface area contributed by atoms with Crippen LogP contribution in [0.5, 0.6) is 0 Å². The van der Waals surface area contributed by atoms with Gasteiger partial charge in [0.05, 0.1) is 19.6 Å². The van der Waals surface area contributed by atoms with Crippen molar-refractivity contribution in [1.82, 2.24) is 4.90 Å². The van der Waals surface area contributed by atoms with Gasteiger partial charge in [0.25, 0.3) is 0 Å². The van der Waals surface area contributed by atoms with Crippen molar-refractivity contribution in [3.63, 3.8) is 0 Å². The van der Waals surface area contributed by atoms with E-state index in [9.17, 15) is 4.79 Å². The van der Waals surface area contributed by atoms with E-state index >= 15 is 0 Å². The van der Waals surface area contributed by atoms with Crippen molar-refractivity contribution in [1.29, 1.82) is 0 Å². The number of carbonyl (C=O) groups is 1. The van der Waals surface area contributed by atoms with E-state index in [-0.39, 0.29) is 5.91 Å². The Morgan fingerprint density at radius 2 is 2.36 bits per heavy atom. The summed E-state index contributed by atoms with van der Waals surface area (Å²) < 4.78 is 5.25. The molecule has 60 valence electrons. The highest BCUT2D eigenvalue weighted by Gasteiger charge is 2.28. The SMILES string of the molecule is CN1C(=O)CC2=C1COCC2. The van der Waals surface area contributed by atoms with Crippen LogP contribution in [-0.2, 0) is 9.53 Å². The second-order valence-electron chi connectivity index (χ2n) is 2.98. The smallest absolute Gasteiger partial charge is 0.230 e. The molecular weight excluding hydrogens is 142 g/mol. The lowest BCUT2D eigenvalue weighted by atomic mass is 10.1. The third kappa shape index (κ3) is 0.959. The highest BCUT2D eigenvalue weighted by atomic mass is 16.5. The van der Waals surface area contributed by atoms with Gasteiger partial charge in [-0.3, -0.25) is 4.79 Å². The third-order valence-corrected chi connectivity index (χ3v) is 2.34. The Balaban J connectivity index is 2.27. The highest BCUT2D eigenvalue weighted by Crippen LogP contribution is 2.28. The van der Waals surface area contributed by atoms with Crippen molar-refractivity contribution >= 4 is 5.91 Å². The van der Waals surface area contributed by atoms with Crippen LogP contribution in [0.25, 0.3) is 0 Å². The zero-order valence-electron chi connectivity index (χ0n) is 6.59. The van der Waals surface area contributed by atoms with E-state index in [1.165, 1.54) is 5.57 Å². The summed E-state index contributed by atoms with van der Waals surface area (Å²) in [5, 5.41) is 0. The molecule has 0 aliphatic carbocycles. The van der Waals surface area contributed by atoms with Crippen LogP contribution in [0.4, 0.5) is 0 Å². The number of ether oxygens (including phenoxy) is 1. The largest absolute Gasteiger partial charge is 0.375 e. The quantitative estimate of drug-likeness (QED) is 0.508. The Morgan fingerprint density at radius 3 is 3.09 bits per heavy atom. The molecule has 2 aliphatic rings. The lowest BCUT2D eigenvalue weighted by molar-refractivity contribution is -0.126. The van der Waals surface area contributed by atoms with Gasteiger partial charge in [-0.05, 0) is 12.0 Å². The van der Waals surface area contributed by atoms with Crippen LogP contribution >= 0.6 is 0 Å². The first-order valence-corrected chi connectivity index (χ1v) is 3.84. The Bertz CT molecular complexity index is 232. The molecule has 0 aromatic carbocycles. The van der Waals surface area contributed by atoms with Crippen LogP contribution in [0.1, 0.15) is 12.8 Å². The maximum absolute atomic E-state index is 11.2. The molecule has 0 N–H and O–H groups in total. The predicted octanol–water partition coefficient (Wildman–Crippen LogP) is 0.523. The summed E-state index contributed by atoms with van der Waals surface area (Å²) in [4.78, 5) is 12.9. The van der Waals surface area contributed by atoms with Crippen molar-refractivity contribution in [2.75, 3.05) is 20.3 Å². The van der Waals surface area contributed by atoms with Crippen molar-refractivity contribution in [3.05, 3.63) is 11.3 Å². The van der Waals surface area contributed by atoms with Gasteiger partial charge < -0.3 is 9.64 Å². The van der Waals surface area contributed by atoms with E-state index in [1.54, 1.807) is 4.90 Å². The van der Waals surface area contributed by atoms with Crippen molar-refractivity contribution in [2.45, 2.75) is 12.8 Å². The van der Waals surface area contributed by atoms with Gasteiger partial charge in [0.2, 0.25) is 5.91 Å². The molecule has 0 radical (unpaired) electrons. The fourth-order valence-electron chi connectivity index (χ4n) is 1.59. The molecule has 2 aliphatic heterocycles. The summed E-state index contributed by atoms with van der Waals surface area (Å²) in [5.74, 6) is 0.209. The molecule has 0 bridgehead atoms. The summed E-state index contributed by atoms with van der Waals surface area (Å²) in [6.45, 7) is 1.40.